The van der Waals surface area contributed by atoms with Crippen molar-refractivity contribution in [2.24, 2.45) is 0 Å². The van der Waals surface area contributed by atoms with Crippen LogP contribution in [0.3, 0.4) is 0 Å². The summed E-state index contributed by atoms with van der Waals surface area (Å²) in [6.45, 7) is 0. The predicted octanol–water partition coefficient (Wildman–Crippen LogP) is 4.75. The topological polar surface area (TPSA) is 9.23 Å². The SMILES string of the molecule is CO[C@@H](c1ccccc1)c1cc(I)c(-c2ccccc2)[se]1. The van der Waals surface area contributed by atoms with Gasteiger partial charge in [-0.25, -0.2) is 0 Å². The number of hydrogen-bond acceptors (Lipinski definition) is 1. The molecule has 0 saturated carbocycles. The number of rotatable bonds is 4. The number of ether oxygens (including phenoxy) is 1. The summed E-state index contributed by atoms with van der Waals surface area (Å²) in [5, 5.41) is 0. The fourth-order valence-corrected chi connectivity index (χ4v) is 6.48. The van der Waals surface area contributed by atoms with Crippen molar-refractivity contribution in [1.29, 1.82) is 0 Å². The van der Waals surface area contributed by atoms with E-state index in [9.17, 15) is 0 Å². The van der Waals surface area contributed by atoms with Gasteiger partial charge in [0.2, 0.25) is 0 Å². The van der Waals surface area contributed by atoms with Crippen LogP contribution in [0.25, 0.3) is 10.0 Å². The normalized spacial score (nSPS) is 12.3. The number of benzene rings is 2. The van der Waals surface area contributed by atoms with E-state index in [0.717, 1.165) is 0 Å². The predicted molar refractivity (Wildman–Crippen MR) is 96.8 cm³/mol. The molecule has 0 saturated heterocycles. The van der Waals surface area contributed by atoms with Gasteiger partial charge in [0.25, 0.3) is 0 Å². The van der Waals surface area contributed by atoms with Crippen molar-refractivity contribution < 1.29 is 4.74 Å². The monoisotopic (exact) mass is 454 g/mol. The molecule has 0 spiro atoms. The molecule has 0 bridgehead atoms. The molecule has 2 aromatic carbocycles. The van der Waals surface area contributed by atoms with E-state index in [0.29, 0.717) is 14.5 Å². The van der Waals surface area contributed by atoms with Gasteiger partial charge in [-0.15, -0.1) is 0 Å². The molecule has 0 fully saturated rings. The van der Waals surface area contributed by atoms with Gasteiger partial charge in [0.1, 0.15) is 0 Å². The maximum absolute atomic E-state index is 5.77. The molecule has 1 atom stereocenters. The van der Waals surface area contributed by atoms with Crippen LogP contribution >= 0.6 is 22.6 Å². The van der Waals surface area contributed by atoms with Crippen LogP contribution < -0.4 is 0 Å². The first-order valence-corrected chi connectivity index (χ1v) is 9.51. The number of halogens is 1. The van der Waals surface area contributed by atoms with E-state index in [1.807, 2.05) is 6.07 Å². The Morgan fingerprint density at radius 3 is 2.19 bits per heavy atom. The molecule has 3 heteroatoms. The van der Waals surface area contributed by atoms with Crippen LogP contribution in [-0.2, 0) is 4.74 Å². The molecule has 0 N–H and O–H groups in total. The van der Waals surface area contributed by atoms with Crippen LogP contribution in [0.5, 0.6) is 0 Å². The molecule has 0 radical (unpaired) electrons. The van der Waals surface area contributed by atoms with Gasteiger partial charge < -0.3 is 0 Å². The van der Waals surface area contributed by atoms with Gasteiger partial charge in [0.15, 0.2) is 0 Å². The van der Waals surface area contributed by atoms with Crippen molar-refractivity contribution in [3.05, 3.63) is 80.3 Å². The summed E-state index contributed by atoms with van der Waals surface area (Å²) in [6, 6.07) is 23.4. The van der Waals surface area contributed by atoms with Crippen LogP contribution in [-0.4, -0.2) is 21.6 Å². The van der Waals surface area contributed by atoms with E-state index in [4.69, 9.17) is 4.74 Å². The third kappa shape index (κ3) is 3.32. The molecule has 0 aliphatic heterocycles. The molecule has 0 amide bonds. The average molecular weight is 453 g/mol. The first-order chi connectivity index (χ1) is 10.3. The zero-order valence-corrected chi connectivity index (χ0v) is 15.5. The van der Waals surface area contributed by atoms with Crippen LogP contribution in [0.4, 0.5) is 0 Å². The molecule has 1 nitrogen and oxygen atoms in total. The molecule has 3 rings (SSSR count). The summed E-state index contributed by atoms with van der Waals surface area (Å²) in [4.78, 5) is 0. The second-order valence-electron chi connectivity index (χ2n) is 4.72. The van der Waals surface area contributed by atoms with E-state index >= 15 is 0 Å². The Labute approximate surface area is 144 Å². The third-order valence-electron chi connectivity index (χ3n) is 3.34. The fraction of sp³-hybridized carbons (Fsp3) is 0.111. The molecular weight excluding hydrogens is 438 g/mol. The Balaban J connectivity index is 2.00. The van der Waals surface area contributed by atoms with Gasteiger partial charge in [-0.3, -0.25) is 0 Å². The Morgan fingerprint density at radius 1 is 0.952 bits per heavy atom. The molecule has 0 aliphatic carbocycles. The molecule has 1 heterocycles. The molecule has 0 aliphatic rings. The van der Waals surface area contributed by atoms with Crippen LogP contribution in [0.2, 0.25) is 0 Å². The summed E-state index contributed by atoms with van der Waals surface area (Å²) in [6.07, 6.45) is 0.0668. The molecule has 3 aromatic rings. The summed E-state index contributed by atoms with van der Waals surface area (Å²) in [7, 11) is 1.79. The van der Waals surface area contributed by atoms with Gasteiger partial charge in [0.05, 0.1) is 0 Å². The average Bonchev–Trinajstić information content (AvgIpc) is 2.92. The first-order valence-electron chi connectivity index (χ1n) is 6.72. The minimum atomic E-state index is 0.0668. The Hall–Kier alpha value is -0.871. The molecule has 1 aromatic heterocycles. The van der Waals surface area contributed by atoms with Crippen LogP contribution in [0.15, 0.2) is 66.7 Å². The van der Waals surface area contributed by atoms with Gasteiger partial charge >= 0.3 is 145 Å². The summed E-state index contributed by atoms with van der Waals surface area (Å²) >= 11 is 2.76. The zero-order valence-electron chi connectivity index (χ0n) is 11.6. The summed E-state index contributed by atoms with van der Waals surface area (Å²) < 4.78 is 9.95. The standard InChI is InChI=1S/C18H15IOSe/c1-20-17(13-8-4-2-5-9-13)16-12-15(19)18(21-16)14-10-6-3-7-11-14/h2-12,17H,1H3/t17-/m0/s1. The fourth-order valence-electron chi connectivity index (χ4n) is 2.35. The van der Waals surface area contributed by atoms with E-state index in [1.54, 1.807) is 7.11 Å². The van der Waals surface area contributed by atoms with Crippen molar-refractivity contribution in [3.8, 4) is 10.0 Å². The second-order valence-corrected chi connectivity index (χ2v) is 8.15. The summed E-state index contributed by atoms with van der Waals surface area (Å²) in [5.74, 6) is 0. The van der Waals surface area contributed by atoms with Gasteiger partial charge in [-0.2, -0.15) is 0 Å². The quantitative estimate of drug-likeness (QED) is 0.410. The van der Waals surface area contributed by atoms with Crippen molar-refractivity contribution in [1.82, 2.24) is 0 Å². The van der Waals surface area contributed by atoms with Crippen LogP contribution in [0, 0.1) is 3.57 Å². The molecule has 106 valence electrons. The maximum atomic E-state index is 5.77. The minimum absolute atomic E-state index is 0.0668. The first kappa shape index (κ1) is 15.0. The Kier molecular flexibility index (Phi) is 4.96. The van der Waals surface area contributed by atoms with Crippen molar-refractivity contribution in [2.45, 2.75) is 6.10 Å². The molecule has 21 heavy (non-hydrogen) atoms. The van der Waals surface area contributed by atoms with Crippen molar-refractivity contribution >= 4 is 37.1 Å². The number of hydrogen-bond donors (Lipinski definition) is 0. The molecule has 0 unspecified atom stereocenters. The van der Waals surface area contributed by atoms with Crippen molar-refractivity contribution in [2.75, 3.05) is 7.11 Å². The van der Waals surface area contributed by atoms with Gasteiger partial charge in [-0.1, -0.05) is 0 Å². The Morgan fingerprint density at radius 2 is 1.57 bits per heavy atom. The zero-order chi connectivity index (χ0) is 14.7. The van der Waals surface area contributed by atoms with E-state index in [2.05, 4.69) is 83.3 Å². The van der Waals surface area contributed by atoms with Gasteiger partial charge in [-0.05, 0) is 0 Å². The van der Waals surface area contributed by atoms with Gasteiger partial charge in [0, 0.05) is 0 Å². The second kappa shape index (κ2) is 6.93. The third-order valence-corrected chi connectivity index (χ3v) is 7.59. The Bertz CT molecular complexity index is 707. The van der Waals surface area contributed by atoms with Crippen LogP contribution in [0.1, 0.15) is 16.1 Å². The van der Waals surface area contributed by atoms with Crippen molar-refractivity contribution in [3.63, 3.8) is 0 Å². The summed E-state index contributed by atoms with van der Waals surface area (Å²) in [5.41, 5.74) is 2.56. The molecular formula is C18H15IOSe. The van der Waals surface area contributed by atoms with E-state index in [-0.39, 0.29) is 6.10 Å². The van der Waals surface area contributed by atoms with E-state index < -0.39 is 0 Å². The van der Waals surface area contributed by atoms with E-state index in [1.165, 1.54) is 23.6 Å². The number of methoxy groups -OCH3 is 1.